The summed E-state index contributed by atoms with van der Waals surface area (Å²) >= 11 is 0. The molecule has 0 fully saturated rings. The zero-order valence-electron chi connectivity index (χ0n) is 7.81. The van der Waals surface area contributed by atoms with E-state index >= 15 is 0 Å². The molecular weight excluding hydrogens is 224 g/mol. The van der Waals surface area contributed by atoms with Crippen molar-refractivity contribution in [3.05, 3.63) is 30.1 Å². The number of fused-ring (bicyclic) bond motifs is 1. The van der Waals surface area contributed by atoms with E-state index in [1.165, 1.54) is 18.3 Å². The van der Waals surface area contributed by atoms with E-state index in [1.807, 2.05) is 0 Å². The van der Waals surface area contributed by atoms with Gasteiger partial charge in [0.05, 0.1) is 0 Å². The fourth-order valence-corrected chi connectivity index (χ4v) is 1.51. The van der Waals surface area contributed by atoms with E-state index in [9.17, 15) is 13.2 Å². The number of nitrogens with zero attached hydrogens (tertiary/aromatic N) is 2. The largest absolute Gasteiger partial charge is 0.593 e. The number of halogens is 3. The Morgan fingerprint density at radius 3 is 2.56 bits per heavy atom. The lowest BCUT2D eigenvalue weighted by Crippen LogP contribution is -2.29. The Hall–Kier alpha value is -1.54. The third-order valence-electron chi connectivity index (χ3n) is 2.12. The number of hydrogen-bond donors (Lipinski definition) is 2. The van der Waals surface area contributed by atoms with E-state index in [0.29, 0.717) is 4.48 Å². The van der Waals surface area contributed by atoms with Crippen molar-refractivity contribution >= 4 is 18.3 Å². The average Bonchev–Trinajstić information content (AvgIpc) is 2.55. The van der Waals surface area contributed by atoms with Crippen LogP contribution in [0.15, 0.2) is 24.4 Å². The van der Waals surface area contributed by atoms with Crippen LogP contribution < -0.4 is 0 Å². The lowest BCUT2D eigenvalue weighted by atomic mass is 10.1. The van der Waals surface area contributed by atoms with Crippen LogP contribution in [0.5, 0.6) is 0 Å². The van der Waals surface area contributed by atoms with Crippen molar-refractivity contribution in [3.8, 4) is 0 Å². The molecule has 2 rings (SSSR count). The van der Waals surface area contributed by atoms with Crippen molar-refractivity contribution in [2.24, 2.45) is 0 Å². The van der Waals surface area contributed by atoms with Crippen molar-refractivity contribution in [1.82, 2.24) is 9.46 Å². The van der Waals surface area contributed by atoms with E-state index in [-0.39, 0.29) is 11.0 Å². The SMILES string of the molecule is OB(O)n1c(C(F)(F)F)cc2cccnc21. The maximum atomic E-state index is 12.6. The van der Waals surface area contributed by atoms with Crippen LogP contribution in [0.25, 0.3) is 11.0 Å². The summed E-state index contributed by atoms with van der Waals surface area (Å²) in [5.41, 5.74) is -1.26. The molecule has 0 amide bonds. The third kappa shape index (κ3) is 1.65. The summed E-state index contributed by atoms with van der Waals surface area (Å²) in [6.07, 6.45) is -3.38. The normalized spacial score (nSPS) is 12.1. The Kier molecular flexibility index (Phi) is 2.40. The molecule has 0 atom stereocenters. The van der Waals surface area contributed by atoms with Crippen molar-refractivity contribution in [2.75, 3.05) is 0 Å². The van der Waals surface area contributed by atoms with Crippen molar-refractivity contribution in [3.63, 3.8) is 0 Å². The summed E-state index contributed by atoms with van der Waals surface area (Å²) in [7, 11) is -2.27. The van der Waals surface area contributed by atoms with Gasteiger partial charge in [-0.1, -0.05) is 0 Å². The topological polar surface area (TPSA) is 58.3 Å². The number of pyridine rings is 1. The average molecular weight is 230 g/mol. The van der Waals surface area contributed by atoms with Gasteiger partial charge in [-0.3, -0.25) is 0 Å². The van der Waals surface area contributed by atoms with Gasteiger partial charge in [-0.15, -0.1) is 0 Å². The predicted octanol–water partition coefficient (Wildman–Crippen LogP) is 0.873. The molecule has 0 saturated carbocycles. The van der Waals surface area contributed by atoms with Crippen LogP contribution in [-0.2, 0) is 6.18 Å². The van der Waals surface area contributed by atoms with Crippen LogP contribution in [0.3, 0.4) is 0 Å². The van der Waals surface area contributed by atoms with Gasteiger partial charge in [0.1, 0.15) is 11.3 Å². The Bertz CT molecular complexity index is 523. The Balaban J connectivity index is 2.78. The van der Waals surface area contributed by atoms with E-state index in [1.54, 1.807) is 0 Å². The van der Waals surface area contributed by atoms with Gasteiger partial charge < -0.3 is 14.5 Å². The molecule has 0 unspecified atom stereocenters. The second-order valence-corrected chi connectivity index (χ2v) is 3.16. The molecular formula is C8H6BF3N2O2. The minimum atomic E-state index is -4.66. The molecule has 0 aliphatic rings. The van der Waals surface area contributed by atoms with Gasteiger partial charge in [0.15, 0.2) is 0 Å². The predicted molar refractivity (Wildman–Crippen MR) is 50.3 cm³/mol. The molecule has 0 aliphatic heterocycles. The first-order valence-corrected chi connectivity index (χ1v) is 4.30. The zero-order chi connectivity index (χ0) is 11.9. The Labute approximate surface area is 88.1 Å². The Morgan fingerprint density at radius 1 is 1.31 bits per heavy atom. The summed E-state index contributed by atoms with van der Waals surface area (Å²) in [6, 6.07) is 3.70. The highest BCUT2D eigenvalue weighted by molar-refractivity contribution is 6.41. The molecule has 84 valence electrons. The highest BCUT2D eigenvalue weighted by Gasteiger charge is 2.38. The molecule has 0 bridgehead atoms. The highest BCUT2D eigenvalue weighted by Crippen LogP contribution is 2.33. The molecule has 0 radical (unpaired) electrons. The van der Waals surface area contributed by atoms with E-state index in [2.05, 4.69) is 4.98 Å². The molecule has 2 N–H and O–H groups in total. The lowest BCUT2D eigenvalue weighted by molar-refractivity contribution is -0.142. The van der Waals surface area contributed by atoms with Crippen LogP contribution in [-0.4, -0.2) is 26.8 Å². The molecule has 4 nitrogen and oxygen atoms in total. The summed E-state index contributed by atoms with van der Waals surface area (Å²) in [6.45, 7) is 0. The molecule has 2 aromatic heterocycles. The molecule has 0 aliphatic carbocycles. The number of alkyl halides is 3. The second kappa shape index (κ2) is 3.50. The van der Waals surface area contributed by atoms with Crippen LogP contribution in [0.1, 0.15) is 5.69 Å². The van der Waals surface area contributed by atoms with E-state index in [4.69, 9.17) is 10.0 Å². The van der Waals surface area contributed by atoms with Gasteiger partial charge in [0, 0.05) is 11.6 Å². The number of aromatic nitrogens is 2. The molecule has 0 aromatic carbocycles. The number of rotatable bonds is 1. The van der Waals surface area contributed by atoms with Crippen LogP contribution >= 0.6 is 0 Å². The summed E-state index contributed by atoms with van der Waals surface area (Å²) in [5.74, 6) is 0. The molecule has 16 heavy (non-hydrogen) atoms. The van der Waals surface area contributed by atoms with Crippen LogP contribution in [0.2, 0.25) is 0 Å². The maximum Gasteiger partial charge on any atom is 0.593 e. The fraction of sp³-hybridized carbons (Fsp3) is 0.125. The quantitative estimate of drug-likeness (QED) is 0.714. The van der Waals surface area contributed by atoms with Crippen molar-refractivity contribution < 1.29 is 23.2 Å². The standard InChI is InChI=1S/C8H6BF3N2O2/c10-8(11,12)6-4-5-2-1-3-13-7(5)14(6)9(15)16/h1-4,15-16H. The lowest BCUT2D eigenvalue weighted by Gasteiger charge is -2.10. The first-order chi connectivity index (χ1) is 7.41. The minimum Gasteiger partial charge on any atom is -0.407 e. The first kappa shape index (κ1) is 11.0. The maximum absolute atomic E-state index is 12.6. The van der Waals surface area contributed by atoms with E-state index in [0.717, 1.165) is 6.07 Å². The van der Waals surface area contributed by atoms with Gasteiger partial charge in [0.25, 0.3) is 0 Å². The summed E-state index contributed by atoms with van der Waals surface area (Å²) in [5, 5.41) is 18.1. The highest BCUT2D eigenvalue weighted by atomic mass is 19.4. The van der Waals surface area contributed by atoms with Gasteiger partial charge >= 0.3 is 13.4 Å². The molecule has 2 aromatic rings. The van der Waals surface area contributed by atoms with Crippen molar-refractivity contribution in [2.45, 2.75) is 6.18 Å². The summed E-state index contributed by atoms with van der Waals surface area (Å²) < 4.78 is 38.1. The molecule has 8 heteroatoms. The fourth-order valence-electron chi connectivity index (χ4n) is 1.51. The van der Waals surface area contributed by atoms with Gasteiger partial charge in [-0.25, -0.2) is 4.98 Å². The first-order valence-electron chi connectivity index (χ1n) is 4.30. The minimum absolute atomic E-state index is 0.121. The number of hydrogen-bond acceptors (Lipinski definition) is 3. The zero-order valence-corrected chi connectivity index (χ0v) is 7.81. The van der Waals surface area contributed by atoms with Gasteiger partial charge in [-0.05, 0) is 18.2 Å². The third-order valence-corrected chi connectivity index (χ3v) is 2.12. The molecule has 0 saturated heterocycles. The van der Waals surface area contributed by atoms with E-state index < -0.39 is 19.1 Å². The Morgan fingerprint density at radius 2 is 2.00 bits per heavy atom. The van der Waals surface area contributed by atoms with Crippen LogP contribution in [0.4, 0.5) is 13.2 Å². The van der Waals surface area contributed by atoms with Gasteiger partial charge in [0.2, 0.25) is 0 Å². The molecule has 0 spiro atoms. The molecule has 2 heterocycles. The summed E-state index contributed by atoms with van der Waals surface area (Å²) in [4.78, 5) is 3.68. The monoisotopic (exact) mass is 230 g/mol. The van der Waals surface area contributed by atoms with Crippen molar-refractivity contribution in [1.29, 1.82) is 0 Å². The van der Waals surface area contributed by atoms with Crippen LogP contribution in [0, 0.1) is 0 Å². The smallest absolute Gasteiger partial charge is 0.407 e. The van der Waals surface area contributed by atoms with Gasteiger partial charge in [-0.2, -0.15) is 13.2 Å². The second-order valence-electron chi connectivity index (χ2n) is 3.16.